The standard InChI is InChI=1S/C11H24O2/c1-4-5-6-7-11(2)8-9-13-10-12-3/h11H,4-10H2,1-3H3. The largest absolute Gasteiger partial charge is 0.359 e. The summed E-state index contributed by atoms with van der Waals surface area (Å²) in [6, 6.07) is 0. The number of hydrogen-bond acceptors (Lipinski definition) is 2. The Hall–Kier alpha value is -0.0800. The van der Waals surface area contributed by atoms with Crippen molar-refractivity contribution in [3.8, 4) is 0 Å². The third-order valence-corrected chi connectivity index (χ3v) is 2.26. The van der Waals surface area contributed by atoms with Crippen LogP contribution in [-0.2, 0) is 9.47 Å². The first-order valence-electron chi connectivity index (χ1n) is 5.38. The first-order chi connectivity index (χ1) is 6.31. The van der Waals surface area contributed by atoms with Crippen molar-refractivity contribution in [1.29, 1.82) is 0 Å². The fourth-order valence-electron chi connectivity index (χ4n) is 1.31. The molecule has 0 N–H and O–H groups in total. The molecule has 0 fully saturated rings. The molecule has 0 aliphatic carbocycles. The normalized spacial score (nSPS) is 13.2. The molecule has 0 aliphatic rings. The molecule has 0 rings (SSSR count). The van der Waals surface area contributed by atoms with Crippen molar-refractivity contribution in [1.82, 2.24) is 0 Å². The van der Waals surface area contributed by atoms with E-state index in [9.17, 15) is 0 Å². The van der Waals surface area contributed by atoms with Gasteiger partial charge in [0, 0.05) is 13.7 Å². The highest BCUT2D eigenvalue weighted by molar-refractivity contribution is 4.52. The van der Waals surface area contributed by atoms with Gasteiger partial charge < -0.3 is 9.47 Å². The predicted molar refractivity (Wildman–Crippen MR) is 55.8 cm³/mol. The van der Waals surface area contributed by atoms with Crippen molar-refractivity contribution in [2.75, 3.05) is 20.5 Å². The van der Waals surface area contributed by atoms with Gasteiger partial charge in [0.1, 0.15) is 6.79 Å². The summed E-state index contributed by atoms with van der Waals surface area (Å²) in [6.45, 7) is 5.81. The van der Waals surface area contributed by atoms with E-state index in [1.165, 1.54) is 25.7 Å². The Kier molecular flexibility index (Phi) is 9.94. The van der Waals surface area contributed by atoms with Gasteiger partial charge in [-0.25, -0.2) is 0 Å². The Bertz CT molecular complexity index is 94.1. The van der Waals surface area contributed by atoms with E-state index in [2.05, 4.69) is 13.8 Å². The van der Waals surface area contributed by atoms with E-state index in [0.29, 0.717) is 6.79 Å². The molecule has 0 radical (unpaired) electrons. The third-order valence-electron chi connectivity index (χ3n) is 2.26. The van der Waals surface area contributed by atoms with Gasteiger partial charge in [-0.05, 0) is 12.3 Å². The second-order valence-corrected chi connectivity index (χ2v) is 3.70. The topological polar surface area (TPSA) is 18.5 Å². The SMILES string of the molecule is CCCCCC(C)CCOCOC. The van der Waals surface area contributed by atoms with Gasteiger partial charge in [0.25, 0.3) is 0 Å². The summed E-state index contributed by atoms with van der Waals surface area (Å²) in [5, 5.41) is 0. The molecule has 80 valence electrons. The lowest BCUT2D eigenvalue weighted by atomic mass is 10.0. The second kappa shape index (κ2) is 10.0. The maximum atomic E-state index is 5.24. The molecule has 0 saturated carbocycles. The molecule has 1 atom stereocenters. The predicted octanol–water partition coefficient (Wildman–Crippen LogP) is 3.21. The van der Waals surface area contributed by atoms with Crippen LogP contribution in [-0.4, -0.2) is 20.5 Å². The van der Waals surface area contributed by atoms with Crippen molar-refractivity contribution >= 4 is 0 Å². The van der Waals surface area contributed by atoms with E-state index in [1.54, 1.807) is 7.11 Å². The van der Waals surface area contributed by atoms with Crippen LogP contribution in [0.5, 0.6) is 0 Å². The molecule has 2 nitrogen and oxygen atoms in total. The van der Waals surface area contributed by atoms with Crippen LogP contribution in [0.2, 0.25) is 0 Å². The van der Waals surface area contributed by atoms with Gasteiger partial charge in [-0.2, -0.15) is 0 Å². The fourth-order valence-corrected chi connectivity index (χ4v) is 1.31. The lowest BCUT2D eigenvalue weighted by Gasteiger charge is -2.10. The Morgan fingerprint density at radius 2 is 1.92 bits per heavy atom. The molecule has 0 amide bonds. The highest BCUT2D eigenvalue weighted by Gasteiger charge is 2.00. The molecule has 13 heavy (non-hydrogen) atoms. The Balaban J connectivity index is 3.05. The average Bonchev–Trinajstić information content (AvgIpc) is 2.13. The summed E-state index contributed by atoms with van der Waals surface area (Å²) < 4.78 is 10.0. The Morgan fingerprint density at radius 1 is 1.15 bits per heavy atom. The minimum absolute atomic E-state index is 0.432. The lowest BCUT2D eigenvalue weighted by Crippen LogP contribution is -2.03. The summed E-state index contributed by atoms with van der Waals surface area (Å²) in [4.78, 5) is 0. The lowest BCUT2D eigenvalue weighted by molar-refractivity contribution is -0.0342. The molecule has 0 aromatic carbocycles. The van der Waals surface area contributed by atoms with E-state index in [1.807, 2.05) is 0 Å². The average molecular weight is 188 g/mol. The first kappa shape index (κ1) is 12.9. The minimum Gasteiger partial charge on any atom is -0.359 e. The van der Waals surface area contributed by atoms with Crippen LogP contribution < -0.4 is 0 Å². The molecule has 0 bridgehead atoms. The van der Waals surface area contributed by atoms with E-state index < -0.39 is 0 Å². The smallest absolute Gasteiger partial charge is 0.146 e. The molecule has 0 heterocycles. The molecule has 0 aromatic heterocycles. The zero-order valence-corrected chi connectivity index (χ0v) is 9.34. The Morgan fingerprint density at radius 3 is 2.54 bits per heavy atom. The summed E-state index contributed by atoms with van der Waals surface area (Å²) in [5.41, 5.74) is 0. The summed E-state index contributed by atoms with van der Waals surface area (Å²) in [6.07, 6.45) is 6.54. The molecule has 0 aromatic rings. The van der Waals surface area contributed by atoms with E-state index in [-0.39, 0.29) is 0 Å². The van der Waals surface area contributed by atoms with Crippen molar-refractivity contribution in [3.05, 3.63) is 0 Å². The summed E-state index contributed by atoms with van der Waals surface area (Å²) in [5.74, 6) is 0.795. The first-order valence-corrected chi connectivity index (χ1v) is 5.38. The zero-order chi connectivity index (χ0) is 9.94. The molecular formula is C11H24O2. The van der Waals surface area contributed by atoms with Gasteiger partial charge in [-0.1, -0.05) is 39.5 Å². The maximum Gasteiger partial charge on any atom is 0.146 e. The highest BCUT2D eigenvalue weighted by atomic mass is 16.7. The van der Waals surface area contributed by atoms with Gasteiger partial charge in [0.2, 0.25) is 0 Å². The fraction of sp³-hybridized carbons (Fsp3) is 1.00. The number of hydrogen-bond donors (Lipinski definition) is 0. The van der Waals surface area contributed by atoms with Crippen LogP contribution in [0.25, 0.3) is 0 Å². The second-order valence-electron chi connectivity index (χ2n) is 3.70. The van der Waals surface area contributed by atoms with Crippen LogP contribution in [0.3, 0.4) is 0 Å². The quantitative estimate of drug-likeness (QED) is 0.408. The monoisotopic (exact) mass is 188 g/mol. The van der Waals surface area contributed by atoms with Crippen LogP contribution in [0, 0.1) is 5.92 Å². The molecular weight excluding hydrogens is 164 g/mol. The molecule has 1 unspecified atom stereocenters. The summed E-state index contributed by atoms with van der Waals surface area (Å²) in [7, 11) is 1.66. The van der Waals surface area contributed by atoms with E-state index in [0.717, 1.165) is 18.9 Å². The number of unbranched alkanes of at least 4 members (excludes halogenated alkanes) is 2. The molecule has 0 aliphatic heterocycles. The van der Waals surface area contributed by atoms with Crippen molar-refractivity contribution in [2.45, 2.75) is 46.0 Å². The van der Waals surface area contributed by atoms with E-state index >= 15 is 0 Å². The molecule has 0 spiro atoms. The Labute approximate surface area is 82.6 Å². The minimum atomic E-state index is 0.432. The third kappa shape index (κ3) is 9.84. The number of methoxy groups -OCH3 is 1. The van der Waals surface area contributed by atoms with Crippen molar-refractivity contribution < 1.29 is 9.47 Å². The molecule has 0 saturated heterocycles. The maximum absolute atomic E-state index is 5.24. The van der Waals surface area contributed by atoms with Crippen LogP contribution in [0.15, 0.2) is 0 Å². The van der Waals surface area contributed by atoms with Gasteiger partial charge in [0.05, 0.1) is 0 Å². The number of ether oxygens (including phenoxy) is 2. The van der Waals surface area contributed by atoms with Crippen LogP contribution in [0.4, 0.5) is 0 Å². The highest BCUT2D eigenvalue weighted by Crippen LogP contribution is 2.12. The van der Waals surface area contributed by atoms with Gasteiger partial charge in [-0.15, -0.1) is 0 Å². The van der Waals surface area contributed by atoms with Crippen LogP contribution in [0.1, 0.15) is 46.0 Å². The summed E-state index contributed by atoms with van der Waals surface area (Å²) >= 11 is 0. The molecule has 2 heteroatoms. The van der Waals surface area contributed by atoms with Gasteiger partial charge in [-0.3, -0.25) is 0 Å². The van der Waals surface area contributed by atoms with Gasteiger partial charge in [0.15, 0.2) is 0 Å². The van der Waals surface area contributed by atoms with Gasteiger partial charge >= 0.3 is 0 Å². The van der Waals surface area contributed by atoms with Crippen molar-refractivity contribution in [2.24, 2.45) is 5.92 Å². The van der Waals surface area contributed by atoms with Crippen LogP contribution >= 0.6 is 0 Å². The van der Waals surface area contributed by atoms with Crippen molar-refractivity contribution in [3.63, 3.8) is 0 Å². The van der Waals surface area contributed by atoms with E-state index in [4.69, 9.17) is 9.47 Å². The zero-order valence-electron chi connectivity index (χ0n) is 9.34. The number of rotatable bonds is 9.